The minimum atomic E-state index is -4.83. The first-order valence-corrected chi connectivity index (χ1v) is 16.2. The number of methoxy groups -OCH3 is 1. The summed E-state index contributed by atoms with van der Waals surface area (Å²) in [4.78, 5) is 14.8. The Balaban J connectivity index is 1.68. The Labute approximate surface area is 229 Å². The summed E-state index contributed by atoms with van der Waals surface area (Å²) in [7, 11) is -3.28. The number of allylic oxidation sites excluding steroid dienone is 1. The zero-order chi connectivity index (χ0) is 27.5. The molecule has 2 amide bonds. The normalized spacial score (nSPS) is 20.4. The summed E-state index contributed by atoms with van der Waals surface area (Å²) in [5.74, 6) is 1.84. The van der Waals surface area contributed by atoms with Crippen LogP contribution in [0.25, 0.3) is 0 Å². The van der Waals surface area contributed by atoms with Crippen LogP contribution in [0.2, 0.25) is 0 Å². The topological polar surface area (TPSA) is 85.4 Å². The van der Waals surface area contributed by atoms with Crippen LogP contribution in [0.3, 0.4) is 0 Å². The van der Waals surface area contributed by atoms with E-state index in [1.807, 2.05) is 110 Å². The van der Waals surface area contributed by atoms with Gasteiger partial charge in [-0.1, -0.05) is 0 Å². The molecule has 2 bridgehead atoms. The predicted molar refractivity (Wildman–Crippen MR) is 154 cm³/mol. The molecule has 2 atom stereocenters. The van der Waals surface area contributed by atoms with E-state index >= 15 is 0 Å². The number of fused-ring (bicyclic) bond motifs is 2. The molecule has 3 aromatic rings. The average molecular weight is 567 g/mol. The van der Waals surface area contributed by atoms with Crippen molar-refractivity contribution in [1.29, 1.82) is 0 Å². The number of hydroxylamine groups is 2. The van der Waals surface area contributed by atoms with Crippen molar-refractivity contribution in [3.8, 4) is 0 Å². The van der Waals surface area contributed by atoms with Crippen molar-refractivity contribution < 1.29 is 26.2 Å². The minimum absolute atomic E-state index is 0.285. The van der Waals surface area contributed by atoms with E-state index in [1.165, 1.54) is 4.90 Å². The van der Waals surface area contributed by atoms with E-state index in [-0.39, 0.29) is 12.6 Å². The third-order valence-corrected chi connectivity index (χ3v) is 14.2. The van der Waals surface area contributed by atoms with E-state index in [0.29, 0.717) is 22.5 Å². The molecule has 2 unspecified atom stereocenters. The van der Waals surface area contributed by atoms with Crippen molar-refractivity contribution in [3.63, 3.8) is 0 Å². The fourth-order valence-corrected chi connectivity index (χ4v) is 12.9. The van der Waals surface area contributed by atoms with Crippen molar-refractivity contribution in [1.82, 2.24) is 9.96 Å². The first-order valence-electron chi connectivity index (χ1n) is 12.6. The van der Waals surface area contributed by atoms with E-state index in [9.17, 15) is 13.2 Å². The van der Waals surface area contributed by atoms with Gasteiger partial charge in [-0.2, -0.15) is 0 Å². The molecule has 0 spiro atoms. The second-order valence-electron chi connectivity index (χ2n) is 9.38. The van der Waals surface area contributed by atoms with Gasteiger partial charge in [-0.05, 0) is 0 Å². The molecule has 1 fully saturated rings. The van der Waals surface area contributed by atoms with Crippen LogP contribution in [0.4, 0.5) is 4.79 Å². The van der Waals surface area contributed by atoms with Gasteiger partial charge in [0.25, 0.3) is 0 Å². The number of urea groups is 1. The van der Waals surface area contributed by atoms with E-state index in [2.05, 4.69) is 0 Å². The van der Waals surface area contributed by atoms with Crippen LogP contribution in [0.15, 0.2) is 115 Å². The number of amides is 2. The fraction of sp³-hybridized carbons (Fsp3) is 0.207. The van der Waals surface area contributed by atoms with Crippen molar-refractivity contribution in [3.05, 3.63) is 115 Å². The van der Waals surface area contributed by atoms with Gasteiger partial charge in [-0.3, -0.25) is 0 Å². The van der Waals surface area contributed by atoms with Gasteiger partial charge >= 0.3 is 230 Å². The maximum atomic E-state index is 14.0. The average Bonchev–Trinajstić information content (AvgIpc) is 3.20. The Morgan fingerprint density at radius 3 is 1.85 bits per heavy atom. The van der Waals surface area contributed by atoms with E-state index in [1.54, 1.807) is 19.3 Å². The summed E-state index contributed by atoms with van der Waals surface area (Å²) in [5.41, 5.74) is 0. The molecule has 2 aliphatic rings. The summed E-state index contributed by atoms with van der Waals surface area (Å²) in [6.45, 7) is -1.97. The molecule has 10 heteroatoms. The third-order valence-electron chi connectivity index (χ3n) is 7.07. The molecule has 3 aromatic carbocycles. The first kappa shape index (κ1) is 27.2. The standard InChI is InChI=1S/C29H31N2O6PS/c1-3-21-38(26-13-7-4-8-14-26,27-15-9-5-10-16-27,28-17-11-6-12-18-28)37-39(33,34)36-31-24-19-20-25(23-35-2)30(22-24)29(31)32/h3-21,24-25H,22-23H2,1-2H3/b21-3+. The van der Waals surface area contributed by atoms with Gasteiger partial charge in [-0.15, -0.1) is 0 Å². The second-order valence-corrected chi connectivity index (χ2v) is 15.0. The van der Waals surface area contributed by atoms with Crippen LogP contribution in [0.5, 0.6) is 0 Å². The van der Waals surface area contributed by atoms with E-state index in [0.717, 1.165) is 5.06 Å². The molecule has 8 nitrogen and oxygen atoms in total. The number of ether oxygens (including phenoxy) is 1. The second kappa shape index (κ2) is 10.7. The summed E-state index contributed by atoms with van der Waals surface area (Å²) < 4.78 is 45.3. The maximum absolute atomic E-state index is 14.0. The monoisotopic (exact) mass is 566 g/mol. The Bertz CT molecular complexity index is 1380. The van der Waals surface area contributed by atoms with Crippen molar-refractivity contribution in [2.75, 3.05) is 20.3 Å². The number of rotatable bonds is 10. The molecule has 0 aromatic heterocycles. The molecule has 0 radical (unpaired) electrons. The molecule has 2 aliphatic heterocycles. The number of benzene rings is 3. The number of hydrogen-bond acceptors (Lipinski definition) is 6. The molecule has 5 rings (SSSR count). The molecule has 0 N–H and O–H groups in total. The van der Waals surface area contributed by atoms with Gasteiger partial charge in [0.1, 0.15) is 0 Å². The first-order chi connectivity index (χ1) is 18.8. The summed E-state index contributed by atoms with van der Waals surface area (Å²) in [6, 6.07) is 26.5. The Morgan fingerprint density at radius 1 is 0.872 bits per heavy atom. The molecule has 39 heavy (non-hydrogen) atoms. The Kier molecular flexibility index (Phi) is 7.46. The predicted octanol–water partition coefficient (Wildman–Crippen LogP) is 3.85. The SMILES string of the molecule is C/C=C/P(OS(=O)(=O)ON1C(=O)N2CC1C=CC2COC)(c1ccccc1)(c1ccccc1)c1ccccc1. The van der Waals surface area contributed by atoms with Gasteiger partial charge in [0, 0.05) is 0 Å². The van der Waals surface area contributed by atoms with Crippen molar-refractivity contribution in [2.24, 2.45) is 0 Å². The van der Waals surface area contributed by atoms with E-state index in [4.69, 9.17) is 13.0 Å². The molecule has 2 heterocycles. The van der Waals surface area contributed by atoms with Crippen LogP contribution < -0.4 is 15.9 Å². The quantitative estimate of drug-likeness (QED) is 0.274. The molecule has 1 saturated heterocycles. The van der Waals surface area contributed by atoms with Crippen LogP contribution >= 0.6 is 6.83 Å². The fourth-order valence-electron chi connectivity index (χ4n) is 5.42. The third kappa shape index (κ3) is 4.60. The van der Waals surface area contributed by atoms with Gasteiger partial charge in [0.2, 0.25) is 0 Å². The number of carbonyl (C=O) groups excluding carboxylic acids is 1. The molecule has 0 saturated carbocycles. The summed E-state index contributed by atoms with van der Waals surface area (Å²) in [5, 5.41) is 2.88. The van der Waals surface area contributed by atoms with Crippen LogP contribution in [0.1, 0.15) is 6.92 Å². The molecule has 204 valence electrons. The van der Waals surface area contributed by atoms with Gasteiger partial charge in [-0.25, -0.2) is 0 Å². The van der Waals surface area contributed by atoms with Gasteiger partial charge in [0.05, 0.1) is 0 Å². The van der Waals surface area contributed by atoms with Crippen LogP contribution in [-0.4, -0.2) is 56.8 Å². The van der Waals surface area contributed by atoms with E-state index < -0.39 is 29.3 Å². The molecule has 0 aliphatic carbocycles. The zero-order valence-corrected chi connectivity index (χ0v) is 23.4. The summed E-state index contributed by atoms with van der Waals surface area (Å²) in [6.07, 6.45) is 5.39. The van der Waals surface area contributed by atoms with Crippen LogP contribution in [0, 0.1) is 0 Å². The van der Waals surface area contributed by atoms with Crippen molar-refractivity contribution in [2.45, 2.75) is 19.0 Å². The van der Waals surface area contributed by atoms with Gasteiger partial charge in [0.15, 0.2) is 0 Å². The summed E-state index contributed by atoms with van der Waals surface area (Å²) >= 11 is 0. The number of carbonyl (C=O) groups is 1. The zero-order valence-electron chi connectivity index (χ0n) is 21.7. The Hall–Kier alpha value is -3.33. The molecular formula is C29H31N2O6PS. The number of hydrogen-bond donors (Lipinski definition) is 0. The van der Waals surface area contributed by atoms with Crippen LogP contribution in [-0.2, 0) is 23.4 Å². The molecular weight excluding hydrogens is 535 g/mol. The van der Waals surface area contributed by atoms with Gasteiger partial charge < -0.3 is 0 Å². The number of nitrogens with zero attached hydrogens (tertiary/aromatic N) is 2. The van der Waals surface area contributed by atoms with Crippen molar-refractivity contribution >= 4 is 39.2 Å². The Morgan fingerprint density at radius 2 is 1.38 bits per heavy atom.